The topological polar surface area (TPSA) is 152 Å². The van der Waals surface area contributed by atoms with Crippen LogP contribution >= 0.6 is 15.9 Å². The van der Waals surface area contributed by atoms with Gasteiger partial charge in [-0.05, 0) is 84.8 Å². The van der Waals surface area contributed by atoms with Crippen LogP contribution in [0.2, 0.25) is 0 Å². The lowest BCUT2D eigenvalue weighted by atomic mass is 9.97. The predicted octanol–water partition coefficient (Wildman–Crippen LogP) is 5.02. The SMILES string of the molecule is CC(=O)c1nn(CC(=O)N2[C@H](C(=O)Nc3nc(Br)ccc3C)C[C@@]3(CNC(=O)C4CCCC4(F)F)C[C@@H]23)c2ccc(-c3cnc(C)nc3)cc12. The number of fused-ring (bicyclic) bond motifs is 2. The molecule has 50 heavy (non-hydrogen) atoms. The quantitative estimate of drug-likeness (QED) is 0.179. The van der Waals surface area contributed by atoms with Crippen LogP contribution < -0.4 is 10.6 Å². The fourth-order valence-corrected chi connectivity index (χ4v) is 7.74. The highest BCUT2D eigenvalue weighted by molar-refractivity contribution is 9.10. The zero-order valence-corrected chi connectivity index (χ0v) is 29.3. The molecule has 260 valence electrons. The van der Waals surface area contributed by atoms with E-state index in [0.29, 0.717) is 33.6 Å². The Morgan fingerprint density at radius 3 is 2.48 bits per heavy atom. The number of aromatic nitrogens is 5. The maximum Gasteiger partial charge on any atom is 0.259 e. The summed E-state index contributed by atoms with van der Waals surface area (Å²) in [6, 6.07) is 7.65. The summed E-state index contributed by atoms with van der Waals surface area (Å²) < 4.78 is 30.7. The van der Waals surface area contributed by atoms with Crippen LogP contribution in [0.3, 0.4) is 0 Å². The number of hydrogen-bond donors (Lipinski definition) is 2. The first-order valence-electron chi connectivity index (χ1n) is 16.5. The Morgan fingerprint density at radius 2 is 1.78 bits per heavy atom. The van der Waals surface area contributed by atoms with Crippen molar-refractivity contribution in [3.05, 3.63) is 64.4 Å². The van der Waals surface area contributed by atoms with Gasteiger partial charge < -0.3 is 15.5 Å². The van der Waals surface area contributed by atoms with E-state index in [4.69, 9.17) is 0 Å². The number of pyridine rings is 1. The molecule has 2 N–H and O–H groups in total. The third kappa shape index (κ3) is 6.16. The molecule has 3 fully saturated rings. The molecule has 2 saturated carbocycles. The van der Waals surface area contributed by atoms with Crippen molar-refractivity contribution >= 4 is 56.2 Å². The van der Waals surface area contributed by atoms with Crippen molar-refractivity contribution in [1.29, 1.82) is 0 Å². The summed E-state index contributed by atoms with van der Waals surface area (Å²) >= 11 is 3.33. The van der Waals surface area contributed by atoms with E-state index < -0.39 is 47.1 Å². The van der Waals surface area contributed by atoms with E-state index in [2.05, 4.69) is 46.6 Å². The van der Waals surface area contributed by atoms with Crippen molar-refractivity contribution in [3.8, 4) is 11.1 Å². The van der Waals surface area contributed by atoms with E-state index in [1.165, 1.54) is 16.5 Å². The Bertz CT molecular complexity index is 2050. The average Bonchev–Trinajstić information content (AvgIpc) is 3.30. The second-order valence-electron chi connectivity index (χ2n) is 13.6. The van der Waals surface area contributed by atoms with Crippen LogP contribution in [0.4, 0.5) is 14.6 Å². The molecule has 15 heteroatoms. The van der Waals surface area contributed by atoms with Gasteiger partial charge in [0.25, 0.3) is 5.92 Å². The molecule has 1 aromatic carbocycles. The summed E-state index contributed by atoms with van der Waals surface area (Å²) in [7, 11) is 0. The Labute approximate surface area is 294 Å². The molecular weight excluding hydrogens is 714 g/mol. The van der Waals surface area contributed by atoms with Gasteiger partial charge in [0.1, 0.15) is 40.4 Å². The molecule has 3 aromatic heterocycles. The number of likely N-dealkylation sites (tertiary alicyclic amines) is 1. The maximum absolute atomic E-state index is 14.4. The van der Waals surface area contributed by atoms with Crippen LogP contribution in [0.5, 0.6) is 0 Å². The van der Waals surface area contributed by atoms with Crippen molar-refractivity contribution < 1.29 is 28.0 Å². The lowest BCUT2D eigenvalue weighted by Gasteiger charge is -2.27. The maximum atomic E-state index is 14.4. The van der Waals surface area contributed by atoms with Crippen LogP contribution in [0.1, 0.15) is 60.9 Å². The number of anilines is 1. The summed E-state index contributed by atoms with van der Waals surface area (Å²) in [5, 5.41) is 10.7. The van der Waals surface area contributed by atoms with Crippen molar-refractivity contribution in [3.63, 3.8) is 0 Å². The highest BCUT2D eigenvalue weighted by Crippen LogP contribution is 2.59. The van der Waals surface area contributed by atoms with E-state index in [0.717, 1.165) is 16.7 Å². The van der Waals surface area contributed by atoms with E-state index >= 15 is 0 Å². The summed E-state index contributed by atoms with van der Waals surface area (Å²) in [5.41, 5.74) is 2.36. The number of carbonyl (C=O) groups is 4. The largest absolute Gasteiger partial charge is 0.355 e. The Hall–Kier alpha value is -4.66. The lowest BCUT2D eigenvalue weighted by Crippen LogP contribution is -2.47. The minimum Gasteiger partial charge on any atom is -0.355 e. The fraction of sp³-hybridized carbons (Fsp3) is 0.429. The van der Waals surface area contributed by atoms with Gasteiger partial charge in [-0.15, -0.1) is 0 Å². The van der Waals surface area contributed by atoms with Crippen molar-refractivity contribution in [2.24, 2.45) is 11.3 Å². The molecule has 1 unspecified atom stereocenters. The molecule has 3 aliphatic rings. The summed E-state index contributed by atoms with van der Waals surface area (Å²) in [5.74, 6) is -5.32. The van der Waals surface area contributed by atoms with E-state index in [1.807, 2.05) is 12.1 Å². The van der Waals surface area contributed by atoms with E-state index in [1.54, 1.807) is 44.4 Å². The van der Waals surface area contributed by atoms with Crippen molar-refractivity contribution in [1.82, 2.24) is 34.9 Å². The van der Waals surface area contributed by atoms with Gasteiger partial charge >= 0.3 is 0 Å². The molecule has 2 aliphatic carbocycles. The predicted molar refractivity (Wildman–Crippen MR) is 182 cm³/mol. The molecular formula is C35H35BrF2N8O4. The van der Waals surface area contributed by atoms with Crippen LogP contribution in [0, 0.1) is 25.2 Å². The van der Waals surface area contributed by atoms with Crippen molar-refractivity contribution in [2.45, 2.75) is 77.4 Å². The van der Waals surface area contributed by atoms with Gasteiger partial charge in [0.05, 0.1) is 5.52 Å². The zero-order valence-electron chi connectivity index (χ0n) is 27.7. The minimum absolute atomic E-state index is 0.0650. The number of alkyl halides is 2. The smallest absolute Gasteiger partial charge is 0.259 e. The number of halogens is 3. The first-order chi connectivity index (χ1) is 23.8. The lowest BCUT2D eigenvalue weighted by molar-refractivity contribution is -0.138. The second-order valence-corrected chi connectivity index (χ2v) is 14.4. The number of ketones is 1. The number of nitrogens with one attached hydrogen (secondary N) is 2. The molecule has 4 heterocycles. The van der Waals surface area contributed by atoms with Gasteiger partial charge in [0.15, 0.2) is 5.78 Å². The highest BCUT2D eigenvalue weighted by Gasteiger charge is 2.67. The summed E-state index contributed by atoms with van der Waals surface area (Å²) in [4.78, 5) is 68.1. The minimum atomic E-state index is -3.06. The molecule has 4 atom stereocenters. The Kier molecular flexibility index (Phi) is 8.51. The normalized spacial score (nSPS) is 23.5. The average molecular weight is 750 g/mol. The summed E-state index contributed by atoms with van der Waals surface area (Å²) in [6.07, 6.45) is 4.19. The van der Waals surface area contributed by atoms with Gasteiger partial charge in [-0.1, -0.05) is 12.1 Å². The first kappa shape index (κ1) is 33.8. The third-order valence-electron chi connectivity index (χ3n) is 10.2. The van der Waals surface area contributed by atoms with Crippen LogP contribution in [-0.2, 0) is 20.9 Å². The molecule has 0 bridgehead atoms. The molecule has 7 rings (SSSR count). The molecule has 0 radical (unpaired) electrons. The number of hydrogen-bond acceptors (Lipinski definition) is 8. The molecule has 3 amide bonds. The van der Waals surface area contributed by atoms with E-state index in [-0.39, 0.29) is 50.2 Å². The standard InChI is InChI=1S/C35H35BrF2N8O4/c1-18-6-9-28(36)42-31(18)43-33(50)26-12-34(17-41-32(49)24-5-4-10-35(24,37)38)13-27(34)46(26)29(48)16-45-25-8-7-21(22-14-39-20(3)40-15-22)11-23(25)30(44-45)19(2)47/h6-9,11,14-15,24,26-27H,4-5,10,12-13,16-17H2,1-3H3,(H,41,49)(H,42,43,50)/t24?,26-,27+,34-/m0/s1. The number of amides is 3. The number of carbonyl (C=O) groups excluding carboxylic acids is 4. The third-order valence-corrected chi connectivity index (χ3v) is 10.7. The second kappa shape index (κ2) is 12.6. The number of piperidine rings is 1. The first-order valence-corrected chi connectivity index (χ1v) is 17.3. The number of Topliss-reactive ketones (excluding diaryl/α,β-unsaturated/α-hetero) is 1. The molecule has 4 aromatic rings. The number of aryl methyl sites for hydroxylation is 2. The Balaban J connectivity index is 1.16. The van der Waals surface area contributed by atoms with E-state index in [9.17, 15) is 28.0 Å². The van der Waals surface area contributed by atoms with Gasteiger partial charge in [-0.2, -0.15) is 5.10 Å². The molecule has 1 aliphatic heterocycles. The van der Waals surface area contributed by atoms with Crippen LogP contribution in [0.15, 0.2) is 47.3 Å². The molecule has 12 nitrogen and oxygen atoms in total. The zero-order chi connectivity index (χ0) is 35.5. The molecule has 0 spiro atoms. The molecule has 1 saturated heterocycles. The highest BCUT2D eigenvalue weighted by atomic mass is 79.9. The van der Waals surface area contributed by atoms with Gasteiger partial charge in [-0.3, -0.25) is 23.9 Å². The van der Waals surface area contributed by atoms with Gasteiger partial charge in [0, 0.05) is 54.7 Å². The summed E-state index contributed by atoms with van der Waals surface area (Å²) in [6.45, 7) is 4.79. The van der Waals surface area contributed by atoms with Gasteiger partial charge in [0.2, 0.25) is 17.7 Å². The number of benzene rings is 1. The monoisotopic (exact) mass is 748 g/mol. The fourth-order valence-electron chi connectivity index (χ4n) is 7.43. The number of nitrogens with zero attached hydrogens (tertiary/aromatic N) is 6. The van der Waals surface area contributed by atoms with Crippen LogP contribution in [0.25, 0.3) is 22.0 Å². The number of rotatable bonds is 9. The van der Waals surface area contributed by atoms with Crippen molar-refractivity contribution in [2.75, 3.05) is 11.9 Å². The van der Waals surface area contributed by atoms with Crippen LogP contribution in [-0.4, -0.2) is 77.7 Å². The Morgan fingerprint density at radius 1 is 1.02 bits per heavy atom. The van der Waals surface area contributed by atoms with Gasteiger partial charge in [-0.25, -0.2) is 23.7 Å².